The quantitative estimate of drug-likeness (QED) is 0.817. The maximum absolute atomic E-state index is 5.12. The molecule has 0 atom stereocenters. The SMILES string of the molecule is CCCNC(=S)NCc1nn(CC)cc1Br. The molecule has 4 nitrogen and oxygen atoms in total. The van der Waals surface area contributed by atoms with E-state index < -0.39 is 0 Å². The Balaban J connectivity index is 2.41. The third-order valence-corrected chi connectivity index (χ3v) is 3.01. The van der Waals surface area contributed by atoms with Gasteiger partial charge in [-0.3, -0.25) is 4.68 Å². The molecule has 2 N–H and O–H groups in total. The van der Waals surface area contributed by atoms with Gasteiger partial charge in [0, 0.05) is 19.3 Å². The van der Waals surface area contributed by atoms with Gasteiger partial charge in [0.2, 0.25) is 0 Å². The summed E-state index contributed by atoms with van der Waals surface area (Å²) in [5.74, 6) is 0. The summed E-state index contributed by atoms with van der Waals surface area (Å²) < 4.78 is 2.91. The van der Waals surface area contributed by atoms with Crippen LogP contribution in [0.2, 0.25) is 0 Å². The van der Waals surface area contributed by atoms with E-state index in [1.807, 2.05) is 10.9 Å². The van der Waals surface area contributed by atoms with Crippen LogP contribution in [0.1, 0.15) is 26.0 Å². The molecule has 1 aromatic rings. The van der Waals surface area contributed by atoms with E-state index in [0.29, 0.717) is 11.7 Å². The predicted octanol–water partition coefficient (Wildman–Crippen LogP) is 2.04. The first kappa shape index (κ1) is 13.4. The molecule has 0 aliphatic carbocycles. The van der Waals surface area contributed by atoms with Gasteiger partial charge in [-0.15, -0.1) is 0 Å². The van der Waals surface area contributed by atoms with E-state index in [0.717, 1.165) is 29.7 Å². The van der Waals surface area contributed by atoms with Crippen LogP contribution in [0.15, 0.2) is 10.7 Å². The van der Waals surface area contributed by atoms with Crippen molar-refractivity contribution in [2.24, 2.45) is 0 Å². The first-order chi connectivity index (χ1) is 7.67. The maximum Gasteiger partial charge on any atom is 0.166 e. The Morgan fingerprint density at radius 1 is 1.50 bits per heavy atom. The second-order valence-electron chi connectivity index (χ2n) is 3.39. The molecule has 16 heavy (non-hydrogen) atoms. The van der Waals surface area contributed by atoms with Gasteiger partial charge in [0.1, 0.15) is 0 Å². The van der Waals surface area contributed by atoms with Crippen molar-refractivity contribution in [1.82, 2.24) is 20.4 Å². The Morgan fingerprint density at radius 2 is 2.25 bits per heavy atom. The molecule has 1 heterocycles. The summed E-state index contributed by atoms with van der Waals surface area (Å²) in [4.78, 5) is 0. The number of hydrogen-bond donors (Lipinski definition) is 2. The molecule has 1 rings (SSSR count). The van der Waals surface area contributed by atoms with Crippen molar-refractivity contribution in [3.8, 4) is 0 Å². The van der Waals surface area contributed by atoms with Crippen molar-refractivity contribution in [2.75, 3.05) is 6.54 Å². The summed E-state index contributed by atoms with van der Waals surface area (Å²) in [7, 11) is 0. The first-order valence-electron chi connectivity index (χ1n) is 5.40. The molecule has 90 valence electrons. The smallest absolute Gasteiger partial charge is 0.166 e. The van der Waals surface area contributed by atoms with Crippen molar-refractivity contribution in [3.05, 3.63) is 16.4 Å². The fourth-order valence-electron chi connectivity index (χ4n) is 1.18. The summed E-state index contributed by atoms with van der Waals surface area (Å²) >= 11 is 8.60. The third kappa shape index (κ3) is 4.09. The van der Waals surface area contributed by atoms with Gasteiger partial charge in [0.15, 0.2) is 5.11 Å². The average molecular weight is 305 g/mol. The molecular formula is C10H17BrN4S. The van der Waals surface area contributed by atoms with Gasteiger partial charge < -0.3 is 10.6 Å². The van der Waals surface area contributed by atoms with Crippen LogP contribution in [-0.2, 0) is 13.1 Å². The molecule has 0 saturated heterocycles. The molecule has 0 amide bonds. The summed E-state index contributed by atoms with van der Waals surface area (Å²) in [5, 5.41) is 11.3. The van der Waals surface area contributed by atoms with Crippen LogP contribution < -0.4 is 10.6 Å². The molecule has 6 heteroatoms. The highest BCUT2D eigenvalue weighted by atomic mass is 79.9. The van der Waals surface area contributed by atoms with E-state index in [1.54, 1.807) is 0 Å². The van der Waals surface area contributed by atoms with Gasteiger partial charge in [-0.25, -0.2) is 0 Å². The van der Waals surface area contributed by atoms with Gasteiger partial charge in [-0.1, -0.05) is 6.92 Å². The van der Waals surface area contributed by atoms with Gasteiger partial charge in [-0.05, 0) is 41.5 Å². The number of aryl methyl sites for hydroxylation is 1. The van der Waals surface area contributed by atoms with Crippen LogP contribution in [0.5, 0.6) is 0 Å². The molecule has 0 radical (unpaired) electrons. The van der Waals surface area contributed by atoms with E-state index in [9.17, 15) is 0 Å². The van der Waals surface area contributed by atoms with Crippen molar-refractivity contribution in [2.45, 2.75) is 33.4 Å². The highest BCUT2D eigenvalue weighted by molar-refractivity contribution is 9.10. The Morgan fingerprint density at radius 3 is 2.81 bits per heavy atom. The predicted molar refractivity (Wildman–Crippen MR) is 73.3 cm³/mol. The summed E-state index contributed by atoms with van der Waals surface area (Å²) in [5.41, 5.74) is 0.975. The zero-order valence-corrected chi connectivity index (χ0v) is 12.0. The minimum Gasteiger partial charge on any atom is -0.363 e. The number of halogens is 1. The second kappa shape index (κ2) is 6.85. The summed E-state index contributed by atoms with van der Waals surface area (Å²) in [6, 6.07) is 0. The topological polar surface area (TPSA) is 41.9 Å². The normalized spacial score (nSPS) is 10.2. The molecule has 0 unspecified atom stereocenters. The molecule has 1 aromatic heterocycles. The minimum absolute atomic E-state index is 0.642. The highest BCUT2D eigenvalue weighted by Gasteiger charge is 2.05. The van der Waals surface area contributed by atoms with Crippen molar-refractivity contribution < 1.29 is 0 Å². The Kier molecular flexibility index (Phi) is 5.76. The fourth-order valence-corrected chi connectivity index (χ4v) is 1.81. The lowest BCUT2D eigenvalue weighted by Crippen LogP contribution is -2.35. The number of hydrogen-bond acceptors (Lipinski definition) is 2. The van der Waals surface area contributed by atoms with E-state index in [4.69, 9.17) is 12.2 Å². The van der Waals surface area contributed by atoms with Crippen molar-refractivity contribution in [1.29, 1.82) is 0 Å². The number of thiocarbonyl (C=S) groups is 1. The minimum atomic E-state index is 0.642. The lowest BCUT2D eigenvalue weighted by molar-refractivity contribution is 0.642. The Labute approximate surface area is 110 Å². The lowest BCUT2D eigenvalue weighted by Gasteiger charge is -2.08. The van der Waals surface area contributed by atoms with E-state index in [-0.39, 0.29) is 0 Å². The lowest BCUT2D eigenvalue weighted by atomic mass is 10.4. The van der Waals surface area contributed by atoms with Crippen LogP contribution in [-0.4, -0.2) is 21.4 Å². The molecule has 0 bridgehead atoms. The molecule has 0 spiro atoms. The number of rotatable bonds is 5. The first-order valence-corrected chi connectivity index (χ1v) is 6.61. The monoisotopic (exact) mass is 304 g/mol. The van der Waals surface area contributed by atoms with E-state index in [2.05, 4.69) is 45.5 Å². The summed E-state index contributed by atoms with van der Waals surface area (Å²) in [6.07, 6.45) is 3.04. The standard InChI is InChI=1S/C10H17BrN4S/c1-3-5-12-10(16)13-6-9-8(11)7-15(4-2)14-9/h7H,3-6H2,1-2H3,(H2,12,13,16). The molecular weight excluding hydrogens is 288 g/mol. The van der Waals surface area contributed by atoms with Crippen LogP contribution in [0, 0.1) is 0 Å². The van der Waals surface area contributed by atoms with Gasteiger partial charge in [-0.2, -0.15) is 5.10 Å². The zero-order valence-electron chi connectivity index (χ0n) is 9.59. The van der Waals surface area contributed by atoms with Crippen LogP contribution >= 0.6 is 28.1 Å². The molecule has 0 aliphatic rings. The summed E-state index contributed by atoms with van der Waals surface area (Å²) in [6.45, 7) is 6.58. The molecule has 0 aromatic carbocycles. The second-order valence-corrected chi connectivity index (χ2v) is 4.65. The molecule has 0 fully saturated rings. The Bertz CT molecular complexity index is 351. The fraction of sp³-hybridized carbons (Fsp3) is 0.600. The number of aromatic nitrogens is 2. The van der Waals surface area contributed by atoms with Crippen LogP contribution in [0.25, 0.3) is 0 Å². The van der Waals surface area contributed by atoms with Gasteiger partial charge in [0.05, 0.1) is 16.7 Å². The Hall–Kier alpha value is -0.620. The third-order valence-electron chi connectivity index (χ3n) is 2.06. The van der Waals surface area contributed by atoms with E-state index in [1.165, 1.54) is 0 Å². The van der Waals surface area contributed by atoms with Gasteiger partial charge >= 0.3 is 0 Å². The van der Waals surface area contributed by atoms with Crippen LogP contribution in [0.3, 0.4) is 0 Å². The van der Waals surface area contributed by atoms with E-state index >= 15 is 0 Å². The number of nitrogens with zero attached hydrogens (tertiary/aromatic N) is 2. The average Bonchev–Trinajstić information content (AvgIpc) is 2.64. The van der Waals surface area contributed by atoms with Crippen molar-refractivity contribution in [3.63, 3.8) is 0 Å². The van der Waals surface area contributed by atoms with Gasteiger partial charge in [0.25, 0.3) is 0 Å². The highest BCUT2D eigenvalue weighted by Crippen LogP contribution is 2.14. The van der Waals surface area contributed by atoms with Crippen LogP contribution in [0.4, 0.5) is 0 Å². The van der Waals surface area contributed by atoms with Crippen molar-refractivity contribution >= 4 is 33.3 Å². The molecule has 0 saturated carbocycles. The maximum atomic E-state index is 5.12. The largest absolute Gasteiger partial charge is 0.363 e. The number of nitrogens with one attached hydrogen (secondary N) is 2. The molecule has 0 aliphatic heterocycles. The zero-order chi connectivity index (χ0) is 12.0.